The Morgan fingerprint density at radius 3 is 2.80 bits per heavy atom. The van der Waals surface area contributed by atoms with Crippen LogP contribution in [-0.4, -0.2) is 42.3 Å². The van der Waals surface area contributed by atoms with Gasteiger partial charge in [0.1, 0.15) is 12.4 Å². The lowest BCUT2D eigenvalue weighted by molar-refractivity contribution is 0.208. The average Bonchev–Trinajstić information content (AvgIpc) is 2.81. The van der Waals surface area contributed by atoms with Crippen molar-refractivity contribution in [2.24, 2.45) is 9.98 Å². The van der Waals surface area contributed by atoms with E-state index in [4.69, 9.17) is 14.7 Å². The third-order valence-electron chi connectivity index (χ3n) is 4.60. The molecule has 166 valence electrons. The molecular formula is C26H41N3O. The standard InChI is InChI=1S/C26H41N3O/c1-7-10-19-29(18-9-3)26(27-23(5)15-8-2)28-24(6)21-30-25-17-14-12-11-13-16-22(4)20-25/h8,12-13,17,20,24H,2,7,9-10,14-16,18-19,21H2,1,3-6H3/b22-20-,25-17+,27-23-,28-26+. The van der Waals surface area contributed by atoms with E-state index < -0.39 is 0 Å². The summed E-state index contributed by atoms with van der Waals surface area (Å²) < 4.78 is 6.11. The van der Waals surface area contributed by atoms with Crippen molar-refractivity contribution < 1.29 is 4.74 Å². The molecule has 0 fully saturated rings. The highest BCUT2D eigenvalue weighted by atomic mass is 16.5. The van der Waals surface area contributed by atoms with Crippen LogP contribution in [0.5, 0.6) is 0 Å². The van der Waals surface area contributed by atoms with Crippen LogP contribution in [0.4, 0.5) is 0 Å². The zero-order chi connectivity index (χ0) is 22.2. The lowest BCUT2D eigenvalue weighted by atomic mass is 10.2. The summed E-state index contributed by atoms with van der Waals surface area (Å²) in [6.45, 7) is 17.0. The zero-order valence-corrected chi connectivity index (χ0v) is 19.8. The van der Waals surface area contributed by atoms with Gasteiger partial charge in [-0.15, -0.1) is 12.3 Å². The Morgan fingerprint density at radius 1 is 1.30 bits per heavy atom. The van der Waals surface area contributed by atoms with Gasteiger partial charge in [0, 0.05) is 25.2 Å². The van der Waals surface area contributed by atoms with Gasteiger partial charge in [-0.05, 0) is 70.8 Å². The Hall–Kier alpha value is -2.32. The molecule has 0 aromatic rings. The molecule has 1 rings (SSSR count). The number of rotatable bonds is 11. The quantitative estimate of drug-likeness (QED) is 0.165. The van der Waals surface area contributed by atoms with Gasteiger partial charge in [-0.1, -0.05) is 31.9 Å². The molecule has 0 heterocycles. The molecule has 0 aliphatic heterocycles. The van der Waals surface area contributed by atoms with E-state index in [1.54, 1.807) is 0 Å². The summed E-state index contributed by atoms with van der Waals surface area (Å²) in [7, 11) is 0. The van der Waals surface area contributed by atoms with Gasteiger partial charge in [0.25, 0.3) is 0 Å². The molecular weight excluding hydrogens is 370 g/mol. The van der Waals surface area contributed by atoms with Gasteiger partial charge in [0.2, 0.25) is 5.96 Å². The molecule has 0 bridgehead atoms. The first-order valence-electron chi connectivity index (χ1n) is 11.4. The molecule has 1 aliphatic carbocycles. The highest BCUT2D eigenvalue weighted by Gasteiger charge is 2.13. The third-order valence-corrected chi connectivity index (χ3v) is 4.60. The zero-order valence-electron chi connectivity index (χ0n) is 19.8. The van der Waals surface area contributed by atoms with E-state index in [1.807, 2.05) is 19.1 Å². The van der Waals surface area contributed by atoms with Gasteiger partial charge in [-0.25, -0.2) is 9.98 Å². The molecule has 0 spiro atoms. The SMILES string of the molecule is C=CC/C(C)=N\C(=N/C(C)COC1=C/CC=C=CC/C(C)=C\1)N(CCC)CCCC. The maximum atomic E-state index is 6.11. The molecule has 0 aromatic carbocycles. The average molecular weight is 412 g/mol. The van der Waals surface area contributed by atoms with Crippen LogP contribution in [0.3, 0.4) is 0 Å². The smallest absolute Gasteiger partial charge is 0.220 e. The molecule has 4 nitrogen and oxygen atoms in total. The van der Waals surface area contributed by atoms with Crippen LogP contribution in [0.1, 0.15) is 73.1 Å². The highest BCUT2D eigenvalue weighted by Crippen LogP contribution is 2.13. The van der Waals surface area contributed by atoms with Gasteiger partial charge >= 0.3 is 0 Å². The molecule has 0 N–H and O–H groups in total. The van der Waals surface area contributed by atoms with Crippen LogP contribution >= 0.6 is 0 Å². The van der Waals surface area contributed by atoms with Crippen molar-refractivity contribution >= 4 is 11.7 Å². The number of hydrogen-bond acceptors (Lipinski definition) is 2. The summed E-state index contributed by atoms with van der Waals surface area (Å²) in [6, 6.07) is 0.0113. The van der Waals surface area contributed by atoms with Gasteiger partial charge in [-0.2, -0.15) is 0 Å². The summed E-state index contributed by atoms with van der Waals surface area (Å²) in [5, 5.41) is 0. The Bertz CT molecular complexity index is 706. The van der Waals surface area contributed by atoms with E-state index in [1.165, 1.54) is 5.57 Å². The molecule has 0 amide bonds. The Kier molecular flexibility index (Phi) is 13.3. The minimum atomic E-state index is 0.0113. The van der Waals surface area contributed by atoms with Gasteiger partial charge < -0.3 is 9.64 Å². The van der Waals surface area contributed by atoms with Crippen molar-refractivity contribution in [1.29, 1.82) is 0 Å². The summed E-state index contributed by atoms with van der Waals surface area (Å²) in [4.78, 5) is 12.1. The first kappa shape index (κ1) is 25.7. The van der Waals surface area contributed by atoms with Gasteiger partial charge in [0.05, 0.1) is 6.04 Å². The topological polar surface area (TPSA) is 37.2 Å². The van der Waals surface area contributed by atoms with Crippen LogP contribution in [0, 0.1) is 0 Å². The number of guanidine groups is 1. The number of allylic oxidation sites excluding steroid dienone is 5. The van der Waals surface area contributed by atoms with E-state index in [0.717, 1.165) is 69.0 Å². The van der Waals surface area contributed by atoms with Crippen LogP contribution in [0.15, 0.2) is 64.0 Å². The van der Waals surface area contributed by atoms with Crippen molar-refractivity contribution in [3.8, 4) is 0 Å². The molecule has 1 aliphatic rings. The lowest BCUT2D eigenvalue weighted by Crippen LogP contribution is -2.33. The summed E-state index contributed by atoms with van der Waals surface area (Å²) >= 11 is 0. The van der Waals surface area contributed by atoms with E-state index in [2.05, 4.69) is 63.1 Å². The maximum absolute atomic E-state index is 6.11. The Morgan fingerprint density at radius 2 is 2.10 bits per heavy atom. The maximum Gasteiger partial charge on any atom is 0.220 e. The molecule has 1 unspecified atom stereocenters. The fourth-order valence-electron chi connectivity index (χ4n) is 3.00. The Balaban J connectivity index is 2.96. The van der Waals surface area contributed by atoms with Crippen LogP contribution in [-0.2, 0) is 4.74 Å². The summed E-state index contributed by atoms with van der Waals surface area (Å²) in [6.07, 6.45) is 16.1. The fourth-order valence-corrected chi connectivity index (χ4v) is 3.00. The van der Waals surface area contributed by atoms with Gasteiger partial charge in [-0.3, -0.25) is 0 Å². The predicted molar refractivity (Wildman–Crippen MR) is 131 cm³/mol. The number of nitrogens with zero attached hydrogens (tertiary/aromatic N) is 3. The second-order valence-electron chi connectivity index (χ2n) is 7.88. The molecule has 0 aromatic heterocycles. The first-order valence-corrected chi connectivity index (χ1v) is 11.4. The molecule has 0 radical (unpaired) electrons. The second kappa shape index (κ2) is 15.5. The normalized spacial score (nSPS) is 19.6. The largest absolute Gasteiger partial charge is 0.492 e. The molecule has 30 heavy (non-hydrogen) atoms. The number of aliphatic imine (C=N–C) groups is 2. The second-order valence-corrected chi connectivity index (χ2v) is 7.88. The lowest BCUT2D eigenvalue weighted by Gasteiger charge is -2.24. The van der Waals surface area contributed by atoms with Crippen molar-refractivity contribution in [3.63, 3.8) is 0 Å². The Labute approximate surface area is 184 Å². The number of unbranched alkanes of at least 4 members (excludes halogenated alkanes) is 1. The third kappa shape index (κ3) is 11.0. The molecule has 0 saturated carbocycles. The number of ether oxygens (including phenoxy) is 1. The minimum Gasteiger partial charge on any atom is -0.492 e. The minimum absolute atomic E-state index is 0.0113. The van der Waals surface area contributed by atoms with E-state index in [9.17, 15) is 0 Å². The number of hydrogen-bond donors (Lipinski definition) is 0. The van der Waals surface area contributed by atoms with Crippen LogP contribution < -0.4 is 0 Å². The first-order chi connectivity index (χ1) is 14.5. The van der Waals surface area contributed by atoms with Crippen LogP contribution in [0.25, 0.3) is 0 Å². The highest BCUT2D eigenvalue weighted by molar-refractivity contribution is 5.96. The molecule has 0 saturated heterocycles. The van der Waals surface area contributed by atoms with Crippen LogP contribution in [0.2, 0.25) is 0 Å². The molecule has 1 atom stereocenters. The summed E-state index contributed by atoms with van der Waals surface area (Å²) in [5.74, 6) is 1.73. The molecule has 4 heteroatoms. The van der Waals surface area contributed by atoms with Crippen molar-refractivity contribution in [2.75, 3.05) is 19.7 Å². The van der Waals surface area contributed by atoms with E-state index in [0.29, 0.717) is 6.61 Å². The van der Waals surface area contributed by atoms with E-state index in [-0.39, 0.29) is 6.04 Å². The van der Waals surface area contributed by atoms with Crippen molar-refractivity contribution in [1.82, 2.24) is 4.90 Å². The predicted octanol–water partition coefficient (Wildman–Crippen LogP) is 6.63. The monoisotopic (exact) mass is 411 g/mol. The summed E-state index contributed by atoms with van der Waals surface area (Å²) in [5.41, 5.74) is 5.50. The van der Waals surface area contributed by atoms with E-state index >= 15 is 0 Å². The van der Waals surface area contributed by atoms with Gasteiger partial charge in [0.15, 0.2) is 0 Å². The van der Waals surface area contributed by atoms with Crippen molar-refractivity contribution in [2.45, 2.75) is 79.2 Å². The fraction of sp³-hybridized carbons (Fsp3) is 0.577. The van der Waals surface area contributed by atoms with Crippen molar-refractivity contribution in [3.05, 3.63) is 54.0 Å².